The third kappa shape index (κ3) is 16.2. The molecule has 4 nitrogen and oxygen atoms in total. The maximum atomic E-state index is 10.9. The normalized spacial score (nSPS) is 11.1. The average Bonchev–Trinajstić information content (AvgIpc) is 2.23. The number of halogens is 1. The maximum absolute atomic E-state index is 10.9. The number of rotatable bonds is 7. The van der Waals surface area contributed by atoms with Crippen molar-refractivity contribution in [1.82, 2.24) is 0 Å². The monoisotopic (exact) mass is 258 g/mol. The van der Waals surface area contributed by atoms with E-state index in [1.807, 2.05) is 0 Å². The summed E-state index contributed by atoms with van der Waals surface area (Å²) in [5.74, 6) is 0.0174. The van der Waals surface area contributed by atoms with Crippen LogP contribution in [-0.4, -0.2) is 25.8 Å². The van der Waals surface area contributed by atoms with Crippen LogP contribution >= 0.6 is 0 Å². The van der Waals surface area contributed by atoms with E-state index < -0.39 is 22.9 Å². The van der Waals surface area contributed by atoms with Gasteiger partial charge in [-0.15, -0.1) is 0 Å². The Bertz CT molecular complexity index is 225. The van der Waals surface area contributed by atoms with Crippen LogP contribution in [-0.2, 0) is 14.9 Å². The van der Waals surface area contributed by atoms with Gasteiger partial charge in [0.2, 0.25) is 0 Å². The first-order valence-electron chi connectivity index (χ1n) is 5.50. The van der Waals surface area contributed by atoms with Gasteiger partial charge in [0.25, 0.3) is 10.1 Å². The Morgan fingerprint density at radius 1 is 1.25 bits per heavy atom. The third-order valence-electron chi connectivity index (χ3n) is 2.16. The van der Waals surface area contributed by atoms with Crippen molar-refractivity contribution in [2.75, 3.05) is 12.8 Å². The Morgan fingerprint density at radius 2 is 1.75 bits per heavy atom. The molecule has 0 aromatic heterocycles. The predicted octanol–water partition coefficient (Wildman–Crippen LogP) is 3.00. The molecule has 0 unspecified atom stereocenters. The molecule has 100 valence electrons. The van der Waals surface area contributed by atoms with E-state index in [1.54, 1.807) is 0 Å². The van der Waals surface area contributed by atoms with Crippen LogP contribution in [0.15, 0.2) is 0 Å². The van der Waals surface area contributed by atoms with E-state index in [1.165, 1.54) is 25.7 Å². The zero-order valence-electron chi connectivity index (χ0n) is 10.3. The van der Waals surface area contributed by atoms with Crippen LogP contribution in [0.1, 0.15) is 46.5 Å². The van der Waals surface area contributed by atoms with E-state index in [-0.39, 0.29) is 0 Å². The molecule has 0 aromatic rings. The Kier molecular flexibility index (Phi) is 12.8. The van der Waals surface area contributed by atoms with Crippen molar-refractivity contribution in [3.8, 4) is 0 Å². The molecule has 0 atom stereocenters. The van der Waals surface area contributed by atoms with Crippen molar-refractivity contribution in [3.05, 3.63) is 0 Å². The minimum Gasteiger partial charge on any atom is -0.332 e. The van der Waals surface area contributed by atoms with Crippen molar-refractivity contribution in [1.29, 1.82) is 0 Å². The van der Waals surface area contributed by atoms with E-state index in [9.17, 15) is 12.8 Å². The van der Waals surface area contributed by atoms with Gasteiger partial charge in [-0.1, -0.05) is 46.5 Å². The molecule has 0 saturated heterocycles. The van der Waals surface area contributed by atoms with Crippen molar-refractivity contribution in [3.63, 3.8) is 0 Å². The predicted molar refractivity (Wildman–Crippen MR) is 62.5 cm³/mol. The van der Waals surface area contributed by atoms with E-state index in [0.717, 1.165) is 5.92 Å². The summed E-state index contributed by atoms with van der Waals surface area (Å²) in [5.41, 5.74) is 0. The Morgan fingerprint density at radius 3 is 1.88 bits per heavy atom. The summed E-state index contributed by atoms with van der Waals surface area (Å²) in [6.07, 6.45) is 5.51. The van der Waals surface area contributed by atoms with Crippen LogP contribution in [0.2, 0.25) is 0 Å². The van der Waals surface area contributed by atoms with Gasteiger partial charge in [0, 0.05) is 0 Å². The van der Waals surface area contributed by atoms with Crippen LogP contribution in [0.3, 0.4) is 0 Å². The molecule has 0 bridgehead atoms. The Labute approximate surface area is 97.9 Å². The minimum atomic E-state index is -4.15. The van der Waals surface area contributed by atoms with Gasteiger partial charge < -0.3 is 4.74 Å². The summed E-state index contributed by atoms with van der Waals surface area (Å²) >= 11 is 0. The summed E-state index contributed by atoms with van der Waals surface area (Å²) in [7, 11) is -4.15. The van der Waals surface area contributed by atoms with Gasteiger partial charge in [-0.05, 0) is 5.92 Å². The molecule has 0 aromatic carbocycles. The second-order valence-electron chi connectivity index (χ2n) is 3.48. The van der Waals surface area contributed by atoms with Gasteiger partial charge in [0.15, 0.2) is 12.8 Å². The van der Waals surface area contributed by atoms with Crippen LogP contribution in [0, 0.1) is 5.92 Å². The molecular formula is C10H23FO4S. The summed E-state index contributed by atoms with van der Waals surface area (Å²) in [6.45, 7) is 5.62. The third-order valence-corrected chi connectivity index (χ3v) is 2.63. The molecule has 0 amide bonds. The fourth-order valence-electron chi connectivity index (χ4n) is 1.24. The molecule has 6 heteroatoms. The highest BCUT2D eigenvalue weighted by Gasteiger charge is 2.01. The van der Waals surface area contributed by atoms with Gasteiger partial charge in [-0.3, -0.25) is 4.55 Å². The summed E-state index contributed by atoms with van der Waals surface area (Å²) in [6, 6.07) is 0. The number of ether oxygens (including phenoxy) is 1. The van der Waals surface area contributed by atoms with E-state index in [0.29, 0.717) is 0 Å². The van der Waals surface area contributed by atoms with E-state index in [4.69, 9.17) is 4.55 Å². The van der Waals surface area contributed by atoms with Crippen LogP contribution in [0.25, 0.3) is 0 Å². The highest BCUT2D eigenvalue weighted by atomic mass is 32.2. The van der Waals surface area contributed by atoms with Crippen molar-refractivity contribution >= 4 is 10.1 Å². The summed E-state index contributed by atoms with van der Waals surface area (Å²) in [4.78, 5) is 0. The maximum Gasteiger partial charge on any atom is 0.289 e. The lowest BCUT2D eigenvalue weighted by Crippen LogP contribution is -2.06. The molecule has 0 fully saturated rings. The molecule has 16 heavy (non-hydrogen) atoms. The highest BCUT2D eigenvalue weighted by molar-refractivity contribution is 7.85. The van der Waals surface area contributed by atoms with E-state index in [2.05, 4.69) is 25.5 Å². The van der Waals surface area contributed by atoms with Crippen molar-refractivity contribution in [2.45, 2.75) is 46.5 Å². The first-order valence-corrected chi connectivity index (χ1v) is 7.10. The van der Waals surface area contributed by atoms with Crippen molar-refractivity contribution < 1.29 is 22.1 Å². The second-order valence-corrected chi connectivity index (χ2v) is 4.88. The van der Waals surface area contributed by atoms with Gasteiger partial charge in [-0.25, -0.2) is 4.39 Å². The van der Waals surface area contributed by atoms with Crippen LogP contribution < -0.4 is 0 Å². The fourth-order valence-corrected chi connectivity index (χ4v) is 1.52. The average molecular weight is 258 g/mol. The first kappa shape index (κ1) is 18.2. The number of hydrogen-bond donors (Lipinski definition) is 1. The molecule has 0 saturated carbocycles. The van der Waals surface area contributed by atoms with Crippen LogP contribution in [0.5, 0.6) is 0 Å². The standard InChI is InChI=1S/C8H18.C2H5FO4S/c1-4-7-8(5-2)6-3;3-1-7-2-8(4,5)6/h8H,4-7H2,1-3H3;1-2H2,(H,4,5,6). The Hall–Kier alpha value is -0.200. The summed E-state index contributed by atoms with van der Waals surface area (Å²) in [5, 5.41) is 0. The van der Waals surface area contributed by atoms with E-state index >= 15 is 0 Å². The van der Waals surface area contributed by atoms with Gasteiger partial charge >= 0.3 is 0 Å². The SMILES string of the molecule is CCCC(CC)CC.O=S(=O)(O)COCF. The molecule has 0 aliphatic carbocycles. The van der Waals surface area contributed by atoms with Gasteiger partial charge in [-0.2, -0.15) is 8.42 Å². The molecule has 0 rings (SSSR count). The second kappa shape index (κ2) is 11.3. The summed E-state index contributed by atoms with van der Waals surface area (Å²) < 4.78 is 41.8. The van der Waals surface area contributed by atoms with Crippen LogP contribution in [0.4, 0.5) is 4.39 Å². The molecule has 0 aliphatic rings. The lowest BCUT2D eigenvalue weighted by atomic mass is 9.98. The highest BCUT2D eigenvalue weighted by Crippen LogP contribution is 2.13. The molecule has 0 heterocycles. The lowest BCUT2D eigenvalue weighted by molar-refractivity contribution is 0.0853. The number of alkyl halides is 1. The largest absolute Gasteiger partial charge is 0.332 e. The smallest absolute Gasteiger partial charge is 0.289 e. The quantitative estimate of drug-likeness (QED) is 0.713. The zero-order valence-corrected chi connectivity index (χ0v) is 11.1. The number of hydrogen-bond acceptors (Lipinski definition) is 3. The fraction of sp³-hybridized carbons (Fsp3) is 1.00. The molecule has 0 aliphatic heterocycles. The van der Waals surface area contributed by atoms with Crippen molar-refractivity contribution in [2.24, 2.45) is 5.92 Å². The zero-order chi connectivity index (χ0) is 13.0. The van der Waals surface area contributed by atoms with Gasteiger partial charge in [0.1, 0.15) is 0 Å². The first-order chi connectivity index (χ1) is 7.41. The molecular weight excluding hydrogens is 235 g/mol. The molecule has 0 spiro atoms. The minimum absolute atomic E-state index is 0.983. The molecule has 0 radical (unpaired) electrons. The lowest BCUT2D eigenvalue weighted by Gasteiger charge is -2.08. The Balaban J connectivity index is 0. The topological polar surface area (TPSA) is 63.6 Å². The van der Waals surface area contributed by atoms with Gasteiger partial charge in [0.05, 0.1) is 0 Å². The molecule has 1 N–H and O–H groups in total.